The number of halogens is 2. The van der Waals surface area contributed by atoms with Crippen molar-refractivity contribution < 1.29 is 17.4 Å². The molecule has 0 radical (unpaired) electrons. The Kier molecular flexibility index (Phi) is 8.50. The smallest absolute Gasteiger partial charge is 0.245 e. The molecular formula is C21H26Br2N2O4S2. The van der Waals surface area contributed by atoms with Gasteiger partial charge in [-0.15, -0.1) is 0 Å². The first-order chi connectivity index (χ1) is 14.8. The molecule has 2 aliphatic heterocycles. The van der Waals surface area contributed by atoms with Gasteiger partial charge in [-0.1, -0.05) is 45.7 Å². The Labute approximate surface area is 203 Å². The van der Waals surface area contributed by atoms with Crippen LogP contribution in [-0.4, -0.2) is 53.2 Å². The molecule has 2 aromatic rings. The zero-order valence-electron chi connectivity index (χ0n) is 17.5. The fraction of sp³-hybridized carbons (Fsp3) is 0.429. The predicted molar refractivity (Wildman–Crippen MR) is 129 cm³/mol. The van der Waals surface area contributed by atoms with Gasteiger partial charge in [0.25, 0.3) is 0 Å². The SMILES string of the molecule is CC.O=S(c1ccc(Br)cc1)N1CCC2(CC1)OCCN2S(=O)(=O)c1ccc(Br)cc1. The van der Waals surface area contributed by atoms with E-state index in [1.807, 2.05) is 42.4 Å². The van der Waals surface area contributed by atoms with Crippen LogP contribution in [0.5, 0.6) is 0 Å². The van der Waals surface area contributed by atoms with Crippen LogP contribution in [0.2, 0.25) is 0 Å². The molecule has 2 aliphatic rings. The van der Waals surface area contributed by atoms with Crippen molar-refractivity contribution in [3.63, 3.8) is 0 Å². The van der Waals surface area contributed by atoms with Gasteiger partial charge in [0.15, 0.2) is 0 Å². The highest BCUT2D eigenvalue weighted by Crippen LogP contribution is 2.39. The maximum absolute atomic E-state index is 13.2. The summed E-state index contributed by atoms with van der Waals surface area (Å²) in [5.74, 6) is 0. The highest BCUT2D eigenvalue weighted by atomic mass is 79.9. The molecule has 1 unspecified atom stereocenters. The molecule has 2 fully saturated rings. The number of ether oxygens (including phenoxy) is 1. The van der Waals surface area contributed by atoms with Crippen molar-refractivity contribution in [1.82, 2.24) is 8.61 Å². The maximum atomic E-state index is 13.2. The van der Waals surface area contributed by atoms with E-state index in [4.69, 9.17) is 4.74 Å². The summed E-state index contributed by atoms with van der Waals surface area (Å²) >= 11 is 6.72. The molecular weight excluding hydrogens is 568 g/mol. The molecule has 1 atom stereocenters. The lowest BCUT2D eigenvalue weighted by Crippen LogP contribution is -2.54. The molecule has 1 spiro atoms. The summed E-state index contributed by atoms with van der Waals surface area (Å²) in [5, 5.41) is 0. The molecule has 2 saturated heterocycles. The van der Waals surface area contributed by atoms with Crippen molar-refractivity contribution >= 4 is 52.9 Å². The fourth-order valence-electron chi connectivity index (χ4n) is 3.76. The van der Waals surface area contributed by atoms with E-state index >= 15 is 0 Å². The van der Waals surface area contributed by atoms with Crippen LogP contribution >= 0.6 is 31.9 Å². The molecule has 2 aromatic carbocycles. The van der Waals surface area contributed by atoms with Crippen molar-refractivity contribution in [3.05, 3.63) is 57.5 Å². The lowest BCUT2D eigenvalue weighted by Gasteiger charge is -2.42. The molecule has 0 saturated carbocycles. The molecule has 10 heteroatoms. The third kappa shape index (κ3) is 5.31. The first kappa shape index (κ1) is 25.0. The van der Waals surface area contributed by atoms with Crippen molar-refractivity contribution in [2.75, 3.05) is 26.2 Å². The Morgan fingerprint density at radius 3 is 1.97 bits per heavy atom. The van der Waals surface area contributed by atoms with Gasteiger partial charge in [-0.05, 0) is 48.5 Å². The van der Waals surface area contributed by atoms with Crippen LogP contribution in [0.25, 0.3) is 0 Å². The monoisotopic (exact) mass is 592 g/mol. The fourth-order valence-corrected chi connectivity index (χ4v) is 7.20. The van der Waals surface area contributed by atoms with Gasteiger partial charge >= 0.3 is 0 Å². The van der Waals surface area contributed by atoms with Gasteiger partial charge in [0, 0.05) is 41.4 Å². The van der Waals surface area contributed by atoms with E-state index in [1.54, 1.807) is 24.3 Å². The van der Waals surface area contributed by atoms with Crippen LogP contribution < -0.4 is 0 Å². The number of sulfonamides is 1. The summed E-state index contributed by atoms with van der Waals surface area (Å²) < 4.78 is 50.5. The Balaban J connectivity index is 0.00000132. The lowest BCUT2D eigenvalue weighted by molar-refractivity contribution is -0.0802. The van der Waals surface area contributed by atoms with Crippen molar-refractivity contribution in [3.8, 4) is 0 Å². The van der Waals surface area contributed by atoms with Crippen LogP contribution in [0.3, 0.4) is 0 Å². The standard InChI is InChI=1S/C19H20Br2N2O4S2.C2H6/c20-15-1-5-17(6-2-15)28(24)22-11-9-19(10-12-22)23(13-14-27-19)29(25,26)18-7-3-16(21)4-8-18;1-2/h1-8H,9-14H2;1-2H3. The van der Waals surface area contributed by atoms with E-state index in [9.17, 15) is 12.6 Å². The third-order valence-electron chi connectivity index (χ3n) is 5.27. The minimum atomic E-state index is -3.67. The number of nitrogens with zero attached hydrogens (tertiary/aromatic N) is 2. The van der Waals surface area contributed by atoms with E-state index < -0.39 is 26.7 Å². The largest absolute Gasteiger partial charge is 0.358 e. The Hall–Kier alpha value is -0.620. The second kappa shape index (κ2) is 10.5. The van der Waals surface area contributed by atoms with E-state index in [2.05, 4.69) is 31.9 Å². The van der Waals surface area contributed by atoms with Crippen LogP contribution in [0.1, 0.15) is 26.7 Å². The first-order valence-corrected chi connectivity index (χ1v) is 14.3. The van der Waals surface area contributed by atoms with Crippen molar-refractivity contribution in [2.45, 2.75) is 42.2 Å². The van der Waals surface area contributed by atoms with Crippen LogP contribution in [0.15, 0.2) is 67.3 Å². The van der Waals surface area contributed by atoms with Gasteiger partial charge in [-0.2, -0.15) is 4.31 Å². The first-order valence-electron chi connectivity index (χ1n) is 10.2. The van der Waals surface area contributed by atoms with Crippen LogP contribution in [0, 0.1) is 0 Å². The van der Waals surface area contributed by atoms with Gasteiger partial charge in [-0.25, -0.2) is 16.9 Å². The van der Waals surface area contributed by atoms with E-state index in [-0.39, 0.29) is 4.90 Å². The summed E-state index contributed by atoms with van der Waals surface area (Å²) in [6.45, 7) is 5.68. The normalized spacial score (nSPS) is 20.3. The van der Waals surface area contributed by atoms with Crippen molar-refractivity contribution in [1.29, 1.82) is 0 Å². The summed E-state index contributed by atoms with van der Waals surface area (Å²) in [4.78, 5) is 0.988. The quantitative estimate of drug-likeness (QED) is 0.512. The zero-order valence-corrected chi connectivity index (χ0v) is 22.3. The summed E-state index contributed by atoms with van der Waals surface area (Å²) in [6, 6.07) is 14.0. The lowest BCUT2D eigenvalue weighted by atomic mass is 10.0. The number of hydrogen-bond donors (Lipinski definition) is 0. The van der Waals surface area contributed by atoms with Crippen LogP contribution in [-0.2, 0) is 25.7 Å². The molecule has 0 aliphatic carbocycles. The van der Waals surface area contributed by atoms with Gasteiger partial charge in [-0.3, -0.25) is 0 Å². The van der Waals surface area contributed by atoms with E-state index in [0.29, 0.717) is 39.1 Å². The van der Waals surface area contributed by atoms with Gasteiger partial charge in [0.2, 0.25) is 10.0 Å². The van der Waals surface area contributed by atoms with E-state index in [1.165, 1.54) is 4.31 Å². The molecule has 0 N–H and O–H groups in total. The minimum Gasteiger partial charge on any atom is -0.358 e. The molecule has 31 heavy (non-hydrogen) atoms. The highest BCUT2D eigenvalue weighted by Gasteiger charge is 2.51. The predicted octanol–water partition coefficient (Wildman–Crippen LogP) is 4.77. The number of piperidine rings is 1. The Morgan fingerprint density at radius 2 is 1.42 bits per heavy atom. The van der Waals surface area contributed by atoms with Gasteiger partial charge in [0.1, 0.15) is 16.7 Å². The number of rotatable bonds is 4. The second-order valence-corrected chi connectivity index (χ2v) is 12.1. The molecule has 170 valence electrons. The average Bonchev–Trinajstić information content (AvgIpc) is 3.20. The minimum absolute atomic E-state index is 0.256. The molecule has 4 rings (SSSR count). The Bertz CT molecular complexity index is 1010. The van der Waals surface area contributed by atoms with E-state index in [0.717, 1.165) is 13.8 Å². The molecule has 6 nitrogen and oxygen atoms in total. The van der Waals surface area contributed by atoms with Crippen LogP contribution in [0.4, 0.5) is 0 Å². The summed E-state index contributed by atoms with van der Waals surface area (Å²) in [6.07, 6.45) is 0.954. The van der Waals surface area contributed by atoms with Gasteiger partial charge < -0.3 is 4.74 Å². The summed E-state index contributed by atoms with van der Waals surface area (Å²) in [7, 11) is -4.95. The second-order valence-electron chi connectivity index (χ2n) is 6.96. The summed E-state index contributed by atoms with van der Waals surface area (Å²) in [5.41, 5.74) is -0.869. The van der Waals surface area contributed by atoms with Crippen molar-refractivity contribution in [2.24, 2.45) is 0 Å². The molecule has 0 bridgehead atoms. The Morgan fingerprint density at radius 1 is 0.903 bits per heavy atom. The molecule has 2 heterocycles. The maximum Gasteiger partial charge on any atom is 0.245 e. The zero-order chi connectivity index (χ0) is 22.6. The number of benzene rings is 2. The molecule has 0 amide bonds. The average molecular weight is 594 g/mol. The van der Waals surface area contributed by atoms with Gasteiger partial charge in [0.05, 0.1) is 16.4 Å². The molecule has 0 aromatic heterocycles. The highest BCUT2D eigenvalue weighted by molar-refractivity contribution is 9.10. The topological polar surface area (TPSA) is 66.9 Å². The third-order valence-corrected chi connectivity index (χ3v) is 9.81. The number of hydrogen-bond acceptors (Lipinski definition) is 4.